The summed E-state index contributed by atoms with van der Waals surface area (Å²) >= 11 is 0. The van der Waals surface area contributed by atoms with E-state index in [4.69, 9.17) is 5.73 Å². The molecule has 3 N–H and O–H groups in total. The minimum absolute atomic E-state index is 0.0174. The maximum absolute atomic E-state index is 11.9. The fourth-order valence-electron chi connectivity index (χ4n) is 2.50. The van der Waals surface area contributed by atoms with Gasteiger partial charge in [0.05, 0.1) is 5.69 Å². The van der Waals surface area contributed by atoms with E-state index in [9.17, 15) is 4.79 Å². The first kappa shape index (κ1) is 14.0. The van der Waals surface area contributed by atoms with Gasteiger partial charge in [-0.25, -0.2) is 4.68 Å². The number of nitrogens with zero attached hydrogens (tertiary/aromatic N) is 3. The van der Waals surface area contributed by atoms with Crippen molar-refractivity contribution < 1.29 is 4.79 Å². The van der Waals surface area contributed by atoms with Crippen molar-refractivity contribution >= 4 is 5.91 Å². The van der Waals surface area contributed by atoms with Crippen LogP contribution >= 0.6 is 0 Å². The highest BCUT2D eigenvalue weighted by Gasteiger charge is 2.19. The lowest BCUT2D eigenvalue weighted by Crippen LogP contribution is -2.39. The van der Waals surface area contributed by atoms with Gasteiger partial charge in [-0.1, -0.05) is 12.1 Å². The Kier molecular flexibility index (Phi) is 4.90. The lowest BCUT2D eigenvalue weighted by molar-refractivity contribution is -0.122. The molecule has 0 unspecified atom stereocenters. The van der Waals surface area contributed by atoms with Crippen LogP contribution in [0.2, 0.25) is 0 Å². The van der Waals surface area contributed by atoms with Gasteiger partial charge in [0.1, 0.15) is 6.54 Å². The zero-order chi connectivity index (χ0) is 13.7. The summed E-state index contributed by atoms with van der Waals surface area (Å²) in [5.41, 5.74) is 6.28. The summed E-state index contributed by atoms with van der Waals surface area (Å²) in [6.45, 7) is 3.06. The van der Waals surface area contributed by atoms with E-state index in [1.54, 1.807) is 10.9 Å². The summed E-state index contributed by atoms with van der Waals surface area (Å²) in [5, 5.41) is 11.0. The number of nitrogens with one attached hydrogen (secondary N) is 1. The Labute approximate surface area is 113 Å². The molecule has 1 saturated carbocycles. The normalized spacial score (nSPS) is 23.3. The lowest BCUT2D eigenvalue weighted by atomic mass is 9.87. The molecule has 1 heterocycles. The third-order valence-corrected chi connectivity index (χ3v) is 3.67. The number of amides is 1. The average molecular weight is 265 g/mol. The highest BCUT2D eigenvalue weighted by molar-refractivity contribution is 5.75. The van der Waals surface area contributed by atoms with E-state index < -0.39 is 0 Å². The van der Waals surface area contributed by atoms with E-state index in [0.717, 1.165) is 24.5 Å². The lowest BCUT2D eigenvalue weighted by Gasteiger charge is -2.26. The first-order valence-corrected chi connectivity index (χ1v) is 7.06. The zero-order valence-electron chi connectivity index (χ0n) is 11.5. The van der Waals surface area contributed by atoms with Crippen LogP contribution in [0.25, 0.3) is 0 Å². The first-order chi connectivity index (χ1) is 9.17. The van der Waals surface area contributed by atoms with E-state index >= 15 is 0 Å². The van der Waals surface area contributed by atoms with Crippen molar-refractivity contribution in [3.05, 3.63) is 11.9 Å². The van der Waals surface area contributed by atoms with Crippen LogP contribution in [0.5, 0.6) is 0 Å². The Morgan fingerprint density at radius 3 is 2.89 bits per heavy atom. The van der Waals surface area contributed by atoms with Crippen LogP contribution in [0.1, 0.15) is 38.3 Å². The molecule has 0 atom stereocenters. The Morgan fingerprint density at radius 1 is 1.47 bits per heavy atom. The van der Waals surface area contributed by atoms with Crippen LogP contribution < -0.4 is 11.1 Å². The Hall–Kier alpha value is -1.43. The Morgan fingerprint density at radius 2 is 2.21 bits per heavy atom. The average Bonchev–Trinajstić information content (AvgIpc) is 2.80. The van der Waals surface area contributed by atoms with Gasteiger partial charge in [0.25, 0.3) is 0 Å². The van der Waals surface area contributed by atoms with Crippen molar-refractivity contribution in [3.8, 4) is 0 Å². The van der Waals surface area contributed by atoms with Gasteiger partial charge in [-0.3, -0.25) is 4.79 Å². The van der Waals surface area contributed by atoms with Crippen molar-refractivity contribution in [1.29, 1.82) is 0 Å². The molecule has 1 aromatic rings. The summed E-state index contributed by atoms with van der Waals surface area (Å²) in [6, 6.07) is 0.329. The molecule has 0 bridgehead atoms. The van der Waals surface area contributed by atoms with Gasteiger partial charge in [-0.05, 0) is 38.1 Å². The second-order valence-electron chi connectivity index (χ2n) is 5.47. The molecule has 1 amide bonds. The molecule has 6 nitrogen and oxygen atoms in total. The van der Waals surface area contributed by atoms with Gasteiger partial charge in [0.15, 0.2) is 0 Å². The van der Waals surface area contributed by atoms with Crippen molar-refractivity contribution in [2.45, 2.75) is 51.6 Å². The fraction of sp³-hybridized carbons (Fsp3) is 0.769. The van der Waals surface area contributed by atoms with Crippen molar-refractivity contribution in [1.82, 2.24) is 20.3 Å². The molecule has 1 aromatic heterocycles. The summed E-state index contributed by atoms with van der Waals surface area (Å²) < 4.78 is 1.58. The number of carbonyl (C=O) groups is 1. The molecule has 0 saturated heterocycles. The van der Waals surface area contributed by atoms with Crippen molar-refractivity contribution in [2.24, 2.45) is 11.7 Å². The molecule has 0 radical (unpaired) electrons. The Bertz CT molecular complexity index is 409. The number of rotatable bonds is 5. The molecular weight excluding hydrogens is 242 g/mol. The first-order valence-electron chi connectivity index (χ1n) is 7.06. The van der Waals surface area contributed by atoms with Crippen LogP contribution in [0.4, 0.5) is 0 Å². The maximum atomic E-state index is 11.9. The molecule has 1 aliphatic rings. The summed E-state index contributed by atoms with van der Waals surface area (Å²) in [5.74, 6) is 0.811. The second-order valence-corrected chi connectivity index (χ2v) is 5.47. The molecule has 0 aliphatic heterocycles. The van der Waals surface area contributed by atoms with Gasteiger partial charge in [0.2, 0.25) is 5.91 Å². The van der Waals surface area contributed by atoms with E-state index in [1.165, 1.54) is 12.8 Å². The van der Waals surface area contributed by atoms with Gasteiger partial charge in [0, 0.05) is 18.7 Å². The quantitative estimate of drug-likeness (QED) is 0.810. The molecule has 106 valence electrons. The summed E-state index contributed by atoms with van der Waals surface area (Å²) in [4.78, 5) is 11.9. The number of hydrogen-bond donors (Lipinski definition) is 2. The van der Waals surface area contributed by atoms with Crippen LogP contribution in [-0.4, -0.2) is 33.5 Å². The van der Waals surface area contributed by atoms with Crippen molar-refractivity contribution in [3.63, 3.8) is 0 Å². The zero-order valence-corrected chi connectivity index (χ0v) is 11.5. The third kappa shape index (κ3) is 4.31. The molecule has 0 aromatic carbocycles. The van der Waals surface area contributed by atoms with Gasteiger partial charge < -0.3 is 11.1 Å². The molecule has 1 aliphatic carbocycles. The molecule has 0 spiro atoms. The number of hydrogen-bond acceptors (Lipinski definition) is 4. The topological polar surface area (TPSA) is 85.8 Å². The number of aromatic nitrogens is 3. The van der Waals surface area contributed by atoms with Crippen LogP contribution in [0.15, 0.2) is 6.20 Å². The predicted octanol–water partition coefficient (Wildman–Crippen LogP) is 0.474. The minimum Gasteiger partial charge on any atom is -0.352 e. The van der Waals surface area contributed by atoms with E-state index in [2.05, 4.69) is 22.6 Å². The predicted molar refractivity (Wildman–Crippen MR) is 72.3 cm³/mol. The summed E-state index contributed by atoms with van der Waals surface area (Å²) in [6.07, 6.45) is 7.06. The SMILES string of the molecule is CC1CCC(NC(=O)Cn2cc(CCN)nn2)CC1. The molecule has 2 rings (SSSR count). The molecule has 19 heavy (non-hydrogen) atoms. The van der Waals surface area contributed by atoms with Crippen molar-refractivity contribution in [2.75, 3.05) is 6.54 Å². The van der Waals surface area contributed by atoms with Gasteiger partial charge in [-0.15, -0.1) is 5.10 Å². The second kappa shape index (κ2) is 6.65. The third-order valence-electron chi connectivity index (χ3n) is 3.67. The van der Waals surface area contributed by atoms with Gasteiger partial charge >= 0.3 is 0 Å². The van der Waals surface area contributed by atoms with Crippen LogP contribution in [0, 0.1) is 5.92 Å². The minimum atomic E-state index is 0.0174. The highest BCUT2D eigenvalue weighted by atomic mass is 16.2. The monoisotopic (exact) mass is 265 g/mol. The fourth-order valence-corrected chi connectivity index (χ4v) is 2.50. The van der Waals surface area contributed by atoms with Crippen LogP contribution in [-0.2, 0) is 17.8 Å². The van der Waals surface area contributed by atoms with E-state index in [-0.39, 0.29) is 12.5 Å². The molecule has 1 fully saturated rings. The standard InChI is InChI=1S/C13H23N5O/c1-10-2-4-11(5-3-10)15-13(19)9-18-8-12(6-7-14)16-17-18/h8,10-11H,2-7,9,14H2,1H3,(H,15,19). The Balaban J connectivity index is 1.77. The van der Waals surface area contributed by atoms with Gasteiger partial charge in [-0.2, -0.15) is 0 Å². The number of nitrogens with two attached hydrogens (primary N) is 1. The smallest absolute Gasteiger partial charge is 0.242 e. The van der Waals surface area contributed by atoms with E-state index in [0.29, 0.717) is 19.0 Å². The largest absolute Gasteiger partial charge is 0.352 e. The number of carbonyl (C=O) groups excluding carboxylic acids is 1. The maximum Gasteiger partial charge on any atom is 0.242 e. The molecular formula is C13H23N5O. The molecule has 6 heteroatoms. The highest BCUT2D eigenvalue weighted by Crippen LogP contribution is 2.23. The van der Waals surface area contributed by atoms with E-state index in [1.807, 2.05) is 0 Å². The van der Waals surface area contributed by atoms with Crippen LogP contribution in [0.3, 0.4) is 0 Å². The summed E-state index contributed by atoms with van der Waals surface area (Å²) in [7, 11) is 0.